The standard InChI is InChI=1S/C23H35F2N3O3/c24-23(25)6-9-27(10-7-23)18-22(29)5-8-28(19-22)17-20-1-3-21(4-2-20)31-16-13-26-11-14-30-15-12-26/h1-4,29H,5-19H2/t22-/m0/s1. The maximum Gasteiger partial charge on any atom is 0.250 e. The smallest absolute Gasteiger partial charge is 0.250 e. The van der Waals surface area contributed by atoms with Gasteiger partial charge >= 0.3 is 0 Å². The number of rotatable bonds is 8. The molecule has 8 heteroatoms. The van der Waals surface area contributed by atoms with Crippen molar-refractivity contribution in [3.63, 3.8) is 0 Å². The van der Waals surface area contributed by atoms with Crippen molar-refractivity contribution >= 4 is 0 Å². The predicted octanol–water partition coefficient (Wildman–Crippen LogP) is 2.07. The van der Waals surface area contributed by atoms with Gasteiger partial charge in [0.05, 0.1) is 18.8 Å². The van der Waals surface area contributed by atoms with Crippen molar-refractivity contribution in [3.8, 4) is 5.75 Å². The molecular weight excluding hydrogens is 404 g/mol. The first-order chi connectivity index (χ1) is 14.9. The van der Waals surface area contributed by atoms with Gasteiger partial charge in [-0.05, 0) is 24.1 Å². The van der Waals surface area contributed by atoms with E-state index in [0.717, 1.165) is 51.7 Å². The number of benzene rings is 1. The monoisotopic (exact) mass is 439 g/mol. The van der Waals surface area contributed by atoms with Crippen LogP contribution in [-0.4, -0.2) is 104 Å². The highest BCUT2D eigenvalue weighted by Gasteiger charge is 2.40. The molecule has 1 aromatic rings. The van der Waals surface area contributed by atoms with E-state index in [1.165, 1.54) is 5.56 Å². The lowest BCUT2D eigenvalue weighted by Crippen LogP contribution is -2.49. The molecule has 0 aromatic heterocycles. The molecule has 0 bridgehead atoms. The summed E-state index contributed by atoms with van der Waals surface area (Å²) in [6, 6.07) is 8.16. The second kappa shape index (κ2) is 10.1. The normalized spacial score (nSPS) is 28.1. The molecule has 0 amide bonds. The van der Waals surface area contributed by atoms with Gasteiger partial charge in [0.25, 0.3) is 5.92 Å². The lowest BCUT2D eigenvalue weighted by atomic mass is 10.00. The number of morpholine rings is 1. The Hall–Kier alpha value is -1.32. The molecule has 174 valence electrons. The van der Waals surface area contributed by atoms with Crippen LogP contribution < -0.4 is 4.74 Å². The number of alkyl halides is 2. The maximum absolute atomic E-state index is 13.4. The fourth-order valence-electron chi connectivity index (χ4n) is 4.73. The lowest BCUT2D eigenvalue weighted by molar-refractivity contribution is -0.0724. The van der Waals surface area contributed by atoms with E-state index in [1.807, 2.05) is 17.0 Å². The first-order valence-corrected chi connectivity index (χ1v) is 11.5. The second-order valence-corrected chi connectivity index (χ2v) is 9.26. The van der Waals surface area contributed by atoms with E-state index in [4.69, 9.17) is 9.47 Å². The third-order valence-electron chi connectivity index (χ3n) is 6.63. The third kappa shape index (κ3) is 6.83. The molecule has 1 aromatic carbocycles. The minimum absolute atomic E-state index is 0.104. The quantitative estimate of drug-likeness (QED) is 0.669. The average Bonchev–Trinajstić information content (AvgIpc) is 3.12. The second-order valence-electron chi connectivity index (χ2n) is 9.26. The van der Waals surface area contributed by atoms with E-state index in [-0.39, 0.29) is 12.8 Å². The number of halogens is 2. The Morgan fingerprint density at radius 3 is 2.29 bits per heavy atom. The zero-order valence-electron chi connectivity index (χ0n) is 18.3. The van der Waals surface area contributed by atoms with Gasteiger partial charge in [-0.3, -0.25) is 14.7 Å². The molecule has 3 heterocycles. The fourth-order valence-corrected chi connectivity index (χ4v) is 4.73. The van der Waals surface area contributed by atoms with Crippen molar-refractivity contribution in [1.29, 1.82) is 0 Å². The van der Waals surface area contributed by atoms with Crippen LogP contribution in [-0.2, 0) is 11.3 Å². The molecule has 1 N–H and O–H groups in total. The molecule has 3 fully saturated rings. The van der Waals surface area contributed by atoms with Crippen LogP contribution in [0.5, 0.6) is 5.75 Å². The molecule has 3 aliphatic heterocycles. The van der Waals surface area contributed by atoms with Crippen LogP contribution in [0.25, 0.3) is 0 Å². The Morgan fingerprint density at radius 1 is 0.903 bits per heavy atom. The summed E-state index contributed by atoms with van der Waals surface area (Å²) in [6.45, 7) is 8.49. The van der Waals surface area contributed by atoms with Crippen molar-refractivity contribution in [1.82, 2.24) is 14.7 Å². The van der Waals surface area contributed by atoms with E-state index in [9.17, 15) is 13.9 Å². The van der Waals surface area contributed by atoms with Gasteiger partial charge < -0.3 is 14.6 Å². The largest absolute Gasteiger partial charge is 0.492 e. The number of hydrogen-bond acceptors (Lipinski definition) is 6. The summed E-state index contributed by atoms with van der Waals surface area (Å²) >= 11 is 0. The molecule has 31 heavy (non-hydrogen) atoms. The highest BCUT2D eigenvalue weighted by molar-refractivity contribution is 5.27. The van der Waals surface area contributed by atoms with Crippen LogP contribution in [0.2, 0.25) is 0 Å². The van der Waals surface area contributed by atoms with E-state index < -0.39 is 11.5 Å². The maximum atomic E-state index is 13.4. The zero-order valence-corrected chi connectivity index (χ0v) is 18.3. The van der Waals surface area contributed by atoms with Crippen LogP contribution in [0.15, 0.2) is 24.3 Å². The summed E-state index contributed by atoms with van der Waals surface area (Å²) < 4.78 is 38.0. The van der Waals surface area contributed by atoms with Crippen molar-refractivity contribution in [2.45, 2.75) is 37.3 Å². The predicted molar refractivity (Wildman–Crippen MR) is 115 cm³/mol. The number of nitrogens with zero attached hydrogens (tertiary/aromatic N) is 3. The van der Waals surface area contributed by atoms with Gasteiger partial charge in [-0.1, -0.05) is 12.1 Å². The van der Waals surface area contributed by atoms with E-state index in [2.05, 4.69) is 21.9 Å². The Morgan fingerprint density at radius 2 is 1.58 bits per heavy atom. The van der Waals surface area contributed by atoms with E-state index in [0.29, 0.717) is 39.2 Å². The molecule has 0 aliphatic carbocycles. The summed E-state index contributed by atoms with van der Waals surface area (Å²) in [5, 5.41) is 11.0. The summed E-state index contributed by atoms with van der Waals surface area (Å²) in [5.74, 6) is -1.67. The van der Waals surface area contributed by atoms with Gasteiger partial charge in [0.15, 0.2) is 0 Å². The molecule has 0 spiro atoms. The van der Waals surface area contributed by atoms with Crippen molar-refractivity contribution in [3.05, 3.63) is 29.8 Å². The van der Waals surface area contributed by atoms with Crippen molar-refractivity contribution in [2.75, 3.05) is 72.2 Å². The number of hydrogen-bond donors (Lipinski definition) is 1. The van der Waals surface area contributed by atoms with Gasteiger partial charge in [-0.25, -0.2) is 8.78 Å². The molecule has 3 aliphatic rings. The summed E-state index contributed by atoms with van der Waals surface area (Å²) in [4.78, 5) is 6.58. The SMILES string of the molecule is O[C@]1(CN2CCC(F)(F)CC2)CCN(Cc2ccc(OCCN3CCOCC3)cc2)C1. The number of piperidine rings is 1. The van der Waals surface area contributed by atoms with Crippen LogP contribution in [0.1, 0.15) is 24.8 Å². The average molecular weight is 440 g/mol. The molecule has 6 nitrogen and oxygen atoms in total. The fraction of sp³-hybridized carbons (Fsp3) is 0.739. The molecule has 0 radical (unpaired) electrons. The van der Waals surface area contributed by atoms with Gasteiger partial charge in [0, 0.05) is 71.7 Å². The topological polar surface area (TPSA) is 48.4 Å². The zero-order chi connectivity index (χ0) is 21.7. The van der Waals surface area contributed by atoms with Crippen molar-refractivity contribution < 1.29 is 23.4 Å². The van der Waals surface area contributed by atoms with Gasteiger partial charge in [-0.15, -0.1) is 0 Å². The number of likely N-dealkylation sites (tertiary alicyclic amines) is 2. The van der Waals surface area contributed by atoms with Crippen LogP contribution in [0.3, 0.4) is 0 Å². The first kappa shape index (κ1) is 22.9. The molecule has 0 unspecified atom stereocenters. The molecule has 0 saturated carbocycles. The van der Waals surface area contributed by atoms with E-state index >= 15 is 0 Å². The van der Waals surface area contributed by atoms with Crippen LogP contribution >= 0.6 is 0 Å². The molecule has 4 rings (SSSR count). The summed E-state index contributed by atoms with van der Waals surface area (Å²) in [7, 11) is 0. The molecule has 1 atom stereocenters. The lowest BCUT2D eigenvalue weighted by Gasteiger charge is -2.36. The third-order valence-corrected chi connectivity index (χ3v) is 6.63. The van der Waals surface area contributed by atoms with E-state index in [1.54, 1.807) is 0 Å². The van der Waals surface area contributed by atoms with Crippen LogP contribution in [0.4, 0.5) is 8.78 Å². The minimum atomic E-state index is -2.54. The number of β-amino-alcohol motifs (C(OH)–C–C–N with tert-alkyl or cyclic N) is 1. The van der Waals surface area contributed by atoms with Crippen LogP contribution in [0, 0.1) is 0 Å². The summed E-state index contributed by atoms with van der Waals surface area (Å²) in [5.41, 5.74) is 0.372. The van der Waals surface area contributed by atoms with Gasteiger partial charge in [0.2, 0.25) is 0 Å². The Balaban J connectivity index is 1.18. The van der Waals surface area contributed by atoms with Crippen molar-refractivity contribution in [2.24, 2.45) is 0 Å². The number of aliphatic hydroxyl groups is 1. The number of ether oxygens (including phenoxy) is 2. The Kier molecular flexibility index (Phi) is 7.44. The summed E-state index contributed by atoms with van der Waals surface area (Å²) in [6.07, 6.45) is 0.476. The highest BCUT2D eigenvalue weighted by atomic mass is 19.3. The van der Waals surface area contributed by atoms with Gasteiger partial charge in [-0.2, -0.15) is 0 Å². The Bertz CT molecular complexity index is 690. The minimum Gasteiger partial charge on any atom is -0.492 e. The Labute approximate surface area is 183 Å². The molecular formula is C23H35F2N3O3. The highest BCUT2D eigenvalue weighted by Crippen LogP contribution is 2.30. The molecule has 3 saturated heterocycles. The van der Waals surface area contributed by atoms with Gasteiger partial charge in [0.1, 0.15) is 12.4 Å². The first-order valence-electron chi connectivity index (χ1n) is 11.5.